The van der Waals surface area contributed by atoms with Crippen molar-refractivity contribution in [2.45, 2.75) is 58.8 Å². The lowest BCUT2D eigenvalue weighted by Crippen LogP contribution is -2.45. The van der Waals surface area contributed by atoms with E-state index in [4.69, 9.17) is 9.47 Å². The summed E-state index contributed by atoms with van der Waals surface area (Å²) in [6.07, 6.45) is 0.408. The first kappa shape index (κ1) is 18.3. The van der Waals surface area contributed by atoms with Gasteiger partial charge in [-0.15, -0.1) is 6.58 Å². The Labute approximate surface area is 120 Å². The second-order valence-electron chi connectivity index (χ2n) is 6.37. The van der Waals surface area contributed by atoms with Gasteiger partial charge in [-0.2, -0.15) is 0 Å². The van der Waals surface area contributed by atoms with Crippen molar-refractivity contribution in [2.24, 2.45) is 0 Å². The maximum absolute atomic E-state index is 11.6. The summed E-state index contributed by atoms with van der Waals surface area (Å²) in [5, 5.41) is 5.15. The van der Waals surface area contributed by atoms with Crippen molar-refractivity contribution in [3.8, 4) is 0 Å². The standard InChI is InChI=1S/C14H26N2O4/c1-8-10(16-12(18)20-14(5,6)7)9-15-11(17)19-13(2,3)4/h8,10H,1,9H2,2-7H3,(H,15,17)(H,16,18)/t10-/m1/s1. The molecule has 0 spiro atoms. The van der Waals surface area contributed by atoms with E-state index in [2.05, 4.69) is 17.2 Å². The van der Waals surface area contributed by atoms with Gasteiger partial charge in [0.25, 0.3) is 0 Å². The smallest absolute Gasteiger partial charge is 0.408 e. The van der Waals surface area contributed by atoms with Crippen LogP contribution in [0.2, 0.25) is 0 Å². The summed E-state index contributed by atoms with van der Waals surface area (Å²) in [5.74, 6) is 0. The molecule has 1 atom stereocenters. The minimum absolute atomic E-state index is 0.178. The quantitative estimate of drug-likeness (QED) is 0.779. The van der Waals surface area contributed by atoms with Crippen LogP contribution in [-0.2, 0) is 9.47 Å². The van der Waals surface area contributed by atoms with E-state index in [1.54, 1.807) is 41.5 Å². The molecule has 6 nitrogen and oxygen atoms in total. The maximum atomic E-state index is 11.6. The summed E-state index contributed by atoms with van der Waals surface area (Å²) < 4.78 is 10.2. The predicted octanol–water partition coefficient (Wildman–Crippen LogP) is 2.59. The van der Waals surface area contributed by atoms with Crippen LogP contribution in [0.1, 0.15) is 41.5 Å². The van der Waals surface area contributed by atoms with E-state index >= 15 is 0 Å². The van der Waals surface area contributed by atoms with Crippen molar-refractivity contribution in [1.29, 1.82) is 0 Å². The Balaban J connectivity index is 4.20. The van der Waals surface area contributed by atoms with Gasteiger partial charge in [-0.05, 0) is 41.5 Å². The molecule has 0 rings (SSSR count). The van der Waals surface area contributed by atoms with E-state index < -0.39 is 29.4 Å². The number of nitrogens with one attached hydrogen (secondary N) is 2. The molecule has 0 aromatic heterocycles. The highest BCUT2D eigenvalue weighted by atomic mass is 16.6. The fraction of sp³-hybridized carbons (Fsp3) is 0.714. The third-order valence-electron chi connectivity index (χ3n) is 1.85. The van der Waals surface area contributed by atoms with Crippen LogP contribution in [-0.4, -0.2) is 36.0 Å². The van der Waals surface area contributed by atoms with Crippen LogP contribution in [0.4, 0.5) is 9.59 Å². The molecule has 0 fully saturated rings. The van der Waals surface area contributed by atoms with E-state index in [-0.39, 0.29) is 6.54 Å². The molecule has 0 aliphatic carbocycles. The lowest BCUT2D eigenvalue weighted by molar-refractivity contribution is 0.0475. The molecule has 20 heavy (non-hydrogen) atoms. The third-order valence-corrected chi connectivity index (χ3v) is 1.85. The van der Waals surface area contributed by atoms with Gasteiger partial charge < -0.3 is 20.1 Å². The summed E-state index contributed by atoms with van der Waals surface area (Å²) >= 11 is 0. The Morgan fingerprint density at radius 2 is 1.50 bits per heavy atom. The second kappa shape index (κ2) is 7.17. The van der Waals surface area contributed by atoms with Crippen LogP contribution in [0.15, 0.2) is 12.7 Å². The van der Waals surface area contributed by atoms with Crippen molar-refractivity contribution >= 4 is 12.2 Å². The highest BCUT2D eigenvalue weighted by Gasteiger charge is 2.20. The molecule has 0 unspecified atom stereocenters. The van der Waals surface area contributed by atoms with Gasteiger partial charge in [0.05, 0.1) is 6.04 Å². The fourth-order valence-electron chi connectivity index (χ4n) is 1.16. The minimum Gasteiger partial charge on any atom is -0.444 e. The van der Waals surface area contributed by atoms with E-state index in [1.165, 1.54) is 6.08 Å². The van der Waals surface area contributed by atoms with Crippen LogP contribution in [0, 0.1) is 0 Å². The van der Waals surface area contributed by atoms with Crippen molar-refractivity contribution in [2.75, 3.05) is 6.54 Å². The lowest BCUT2D eigenvalue weighted by Gasteiger charge is -2.23. The molecule has 6 heteroatoms. The first-order valence-electron chi connectivity index (χ1n) is 6.52. The summed E-state index contributed by atoms with van der Waals surface area (Å²) in [7, 11) is 0. The van der Waals surface area contributed by atoms with E-state index in [0.717, 1.165) is 0 Å². The Hall–Kier alpha value is -1.72. The van der Waals surface area contributed by atoms with E-state index in [0.29, 0.717) is 0 Å². The number of hydrogen-bond donors (Lipinski definition) is 2. The highest BCUT2D eigenvalue weighted by Crippen LogP contribution is 2.07. The molecular formula is C14H26N2O4. The van der Waals surface area contributed by atoms with Crippen LogP contribution >= 0.6 is 0 Å². The van der Waals surface area contributed by atoms with Gasteiger partial charge in [0.2, 0.25) is 0 Å². The topological polar surface area (TPSA) is 76.7 Å². The minimum atomic E-state index is -0.575. The average molecular weight is 286 g/mol. The first-order valence-corrected chi connectivity index (χ1v) is 6.52. The SMILES string of the molecule is C=C[C@H](CNC(=O)OC(C)(C)C)NC(=O)OC(C)(C)C. The zero-order chi connectivity index (χ0) is 16.0. The normalized spacial score (nSPS) is 13.1. The van der Waals surface area contributed by atoms with Crippen molar-refractivity contribution in [1.82, 2.24) is 10.6 Å². The van der Waals surface area contributed by atoms with Gasteiger partial charge in [0.15, 0.2) is 0 Å². The molecule has 116 valence electrons. The third kappa shape index (κ3) is 10.2. The molecule has 0 aromatic rings. The number of carbonyl (C=O) groups excluding carboxylic acids is 2. The monoisotopic (exact) mass is 286 g/mol. The van der Waals surface area contributed by atoms with Gasteiger partial charge in [-0.1, -0.05) is 6.08 Å². The number of alkyl carbamates (subject to hydrolysis) is 2. The van der Waals surface area contributed by atoms with Gasteiger partial charge in [-0.25, -0.2) is 9.59 Å². The van der Waals surface area contributed by atoms with E-state index in [9.17, 15) is 9.59 Å². The number of hydrogen-bond acceptors (Lipinski definition) is 4. The summed E-state index contributed by atoms with van der Waals surface area (Å²) in [5.41, 5.74) is -1.14. The van der Waals surface area contributed by atoms with Gasteiger partial charge in [0, 0.05) is 6.54 Å². The van der Waals surface area contributed by atoms with Crippen LogP contribution in [0.3, 0.4) is 0 Å². The molecule has 0 aromatic carbocycles. The Morgan fingerprint density at radius 1 is 1.05 bits per heavy atom. The van der Waals surface area contributed by atoms with Crippen LogP contribution < -0.4 is 10.6 Å². The van der Waals surface area contributed by atoms with Crippen molar-refractivity contribution in [3.05, 3.63) is 12.7 Å². The molecule has 0 saturated carbocycles. The van der Waals surface area contributed by atoms with Crippen molar-refractivity contribution in [3.63, 3.8) is 0 Å². The zero-order valence-corrected chi connectivity index (χ0v) is 13.2. The first-order chi connectivity index (χ1) is 8.93. The molecule has 2 amide bonds. The van der Waals surface area contributed by atoms with Gasteiger partial charge in [0.1, 0.15) is 11.2 Å². The maximum Gasteiger partial charge on any atom is 0.408 e. The summed E-state index contributed by atoms with van der Waals surface area (Å²) in [6.45, 7) is 14.4. The van der Waals surface area contributed by atoms with Gasteiger partial charge >= 0.3 is 12.2 Å². The Bertz CT molecular complexity index is 353. The molecule has 0 heterocycles. The second-order valence-corrected chi connectivity index (χ2v) is 6.37. The number of ether oxygens (including phenoxy) is 2. The molecule has 2 N–H and O–H groups in total. The number of rotatable bonds is 4. The van der Waals surface area contributed by atoms with Crippen LogP contribution in [0.5, 0.6) is 0 Å². The Morgan fingerprint density at radius 3 is 1.90 bits per heavy atom. The Kier molecular flexibility index (Phi) is 6.55. The fourth-order valence-corrected chi connectivity index (χ4v) is 1.16. The molecular weight excluding hydrogens is 260 g/mol. The highest BCUT2D eigenvalue weighted by molar-refractivity contribution is 5.69. The molecule has 0 radical (unpaired) electrons. The van der Waals surface area contributed by atoms with E-state index in [1.807, 2.05) is 0 Å². The predicted molar refractivity (Wildman–Crippen MR) is 77.6 cm³/mol. The number of amides is 2. The molecule has 0 bridgehead atoms. The molecule has 0 saturated heterocycles. The van der Waals surface area contributed by atoms with Crippen molar-refractivity contribution < 1.29 is 19.1 Å². The van der Waals surface area contributed by atoms with Crippen LogP contribution in [0.25, 0.3) is 0 Å². The molecule has 0 aliphatic rings. The lowest BCUT2D eigenvalue weighted by atomic mass is 10.2. The summed E-state index contributed by atoms with van der Waals surface area (Å²) in [4.78, 5) is 23.1. The largest absolute Gasteiger partial charge is 0.444 e. The van der Waals surface area contributed by atoms with Gasteiger partial charge in [-0.3, -0.25) is 0 Å². The zero-order valence-electron chi connectivity index (χ0n) is 13.2. The molecule has 0 aliphatic heterocycles. The number of carbonyl (C=O) groups is 2. The average Bonchev–Trinajstić information content (AvgIpc) is 2.18. The summed E-state index contributed by atoms with van der Waals surface area (Å²) in [6, 6.07) is -0.433.